The van der Waals surface area contributed by atoms with Gasteiger partial charge in [0.15, 0.2) is 0 Å². The lowest BCUT2D eigenvalue weighted by Gasteiger charge is -2.10. The van der Waals surface area contributed by atoms with Crippen molar-refractivity contribution in [3.05, 3.63) is 81.2 Å². The maximum Gasteiger partial charge on any atom is 0.293 e. The number of aryl methyl sites for hydroxylation is 1. The second kappa shape index (κ2) is 8.64. The summed E-state index contributed by atoms with van der Waals surface area (Å²) >= 11 is 0. The van der Waals surface area contributed by atoms with Gasteiger partial charge in [0, 0.05) is 23.9 Å². The highest BCUT2D eigenvalue weighted by Gasteiger charge is 2.21. The first-order valence-corrected chi connectivity index (χ1v) is 10.7. The lowest BCUT2D eigenvalue weighted by Crippen LogP contribution is -2.18. The fourth-order valence-corrected chi connectivity index (χ4v) is 3.93. The van der Waals surface area contributed by atoms with E-state index in [9.17, 15) is 18.5 Å². The highest BCUT2D eigenvalue weighted by Crippen LogP contribution is 2.28. The molecule has 0 saturated heterocycles. The Morgan fingerprint density at radius 1 is 1.13 bits per heavy atom. The van der Waals surface area contributed by atoms with Gasteiger partial charge in [-0.3, -0.25) is 14.8 Å². The Kier molecular flexibility index (Phi) is 6.18. The molecule has 1 heterocycles. The summed E-state index contributed by atoms with van der Waals surface area (Å²) in [6.45, 7) is 4.80. The van der Waals surface area contributed by atoms with Gasteiger partial charge in [0.05, 0.1) is 22.1 Å². The van der Waals surface area contributed by atoms with Gasteiger partial charge >= 0.3 is 0 Å². The van der Waals surface area contributed by atoms with Crippen LogP contribution in [0, 0.1) is 24.0 Å². The molecule has 0 amide bonds. The van der Waals surface area contributed by atoms with E-state index in [1.807, 2.05) is 48.9 Å². The molecule has 0 atom stereocenters. The van der Waals surface area contributed by atoms with Gasteiger partial charge in [-0.1, -0.05) is 30.3 Å². The third-order valence-electron chi connectivity index (χ3n) is 4.91. The molecule has 9 nitrogen and oxygen atoms in total. The number of sulfonamides is 1. The fraction of sp³-hybridized carbons (Fsp3) is 0.250. The molecule has 0 aliphatic heterocycles. The summed E-state index contributed by atoms with van der Waals surface area (Å²) in [5, 5.41) is 19.1. The van der Waals surface area contributed by atoms with E-state index >= 15 is 0 Å². The SMILES string of the molecule is CNS(=O)(=O)c1ccc(NCc2c(C)nn(Cc3ccccc3)c2C)c([N+](=O)[O-])c1. The number of anilines is 1. The molecule has 158 valence electrons. The van der Waals surface area contributed by atoms with Crippen molar-refractivity contribution in [3.8, 4) is 0 Å². The summed E-state index contributed by atoms with van der Waals surface area (Å²) in [7, 11) is -2.52. The zero-order chi connectivity index (χ0) is 21.9. The van der Waals surface area contributed by atoms with Crippen LogP contribution in [0.4, 0.5) is 11.4 Å². The molecule has 0 unspecified atom stereocenters. The van der Waals surface area contributed by atoms with Crippen LogP contribution in [0.3, 0.4) is 0 Å². The van der Waals surface area contributed by atoms with Gasteiger partial charge in [0.25, 0.3) is 5.69 Å². The van der Waals surface area contributed by atoms with Crippen LogP contribution in [-0.2, 0) is 23.1 Å². The van der Waals surface area contributed by atoms with Crippen LogP contribution in [0.25, 0.3) is 0 Å². The van der Waals surface area contributed by atoms with Gasteiger partial charge < -0.3 is 5.32 Å². The summed E-state index contributed by atoms with van der Waals surface area (Å²) in [6, 6.07) is 13.7. The predicted molar refractivity (Wildman–Crippen MR) is 114 cm³/mol. The topological polar surface area (TPSA) is 119 Å². The number of hydrogen-bond acceptors (Lipinski definition) is 6. The zero-order valence-corrected chi connectivity index (χ0v) is 17.7. The number of nitrogens with one attached hydrogen (secondary N) is 2. The largest absolute Gasteiger partial charge is 0.375 e. The molecular weight excluding hydrogens is 406 g/mol. The van der Waals surface area contributed by atoms with Crippen molar-refractivity contribution in [1.82, 2.24) is 14.5 Å². The molecule has 10 heteroatoms. The van der Waals surface area contributed by atoms with Crippen LogP contribution < -0.4 is 10.0 Å². The van der Waals surface area contributed by atoms with Crippen LogP contribution in [-0.4, -0.2) is 30.2 Å². The molecule has 0 bridgehead atoms. The van der Waals surface area contributed by atoms with Gasteiger partial charge in [-0.25, -0.2) is 13.1 Å². The van der Waals surface area contributed by atoms with Gasteiger partial charge in [0.1, 0.15) is 5.69 Å². The highest BCUT2D eigenvalue weighted by molar-refractivity contribution is 7.89. The quantitative estimate of drug-likeness (QED) is 0.420. The molecule has 0 fully saturated rings. The molecule has 2 N–H and O–H groups in total. The highest BCUT2D eigenvalue weighted by atomic mass is 32.2. The van der Waals surface area contributed by atoms with Crippen molar-refractivity contribution < 1.29 is 13.3 Å². The third kappa shape index (κ3) is 4.50. The maximum atomic E-state index is 11.9. The molecule has 0 radical (unpaired) electrons. The Bertz CT molecular complexity index is 1170. The van der Waals surface area contributed by atoms with Crippen molar-refractivity contribution in [3.63, 3.8) is 0 Å². The Balaban J connectivity index is 1.84. The number of rotatable bonds is 8. The second-order valence-corrected chi connectivity index (χ2v) is 8.68. The van der Waals surface area contributed by atoms with E-state index < -0.39 is 14.9 Å². The minimum absolute atomic E-state index is 0.162. The van der Waals surface area contributed by atoms with Crippen molar-refractivity contribution in [2.24, 2.45) is 0 Å². The number of nitrogens with zero attached hydrogens (tertiary/aromatic N) is 3. The van der Waals surface area contributed by atoms with E-state index in [1.165, 1.54) is 19.2 Å². The Morgan fingerprint density at radius 2 is 1.83 bits per heavy atom. The van der Waals surface area contributed by atoms with Gasteiger partial charge in [0.2, 0.25) is 10.0 Å². The maximum absolute atomic E-state index is 11.9. The third-order valence-corrected chi connectivity index (χ3v) is 6.32. The molecule has 0 spiro atoms. The molecule has 3 aromatic rings. The van der Waals surface area contributed by atoms with Crippen molar-refractivity contribution in [2.75, 3.05) is 12.4 Å². The number of nitro groups is 1. The first-order chi connectivity index (χ1) is 14.2. The number of nitro benzene ring substituents is 1. The van der Waals surface area contributed by atoms with Crippen LogP contribution >= 0.6 is 0 Å². The van der Waals surface area contributed by atoms with Gasteiger partial charge in [-0.05, 0) is 38.6 Å². The second-order valence-electron chi connectivity index (χ2n) is 6.79. The summed E-state index contributed by atoms with van der Waals surface area (Å²) in [6.07, 6.45) is 0. The summed E-state index contributed by atoms with van der Waals surface area (Å²) in [5.74, 6) is 0. The average Bonchev–Trinajstić information content (AvgIpc) is 2.99. The lowest BCUT2D eigenvalue weighted by molar-refractivity contribution is -0.384. The molecular formula is C20H23N5O4S. The predicted octanol–water partition coefficient (Wildman–Crippen LogP) is 2.98. The Hall–Kier alpha value is -3.24. The standard InChI is InChI=1S/C20H23N5O4S/c1-14-18(15(2)24(23-14)13-16-7-5-4-6-8-16)12-22-19-10-9-17(30(28,29)21-3)11-20(19)25(26)27/h4-11,21-22H,12-13H2,1-3H3. The first kappa shape index (κ1) is 21.5. The normalized spacial score (nSPS) is 11.4. The average molecular weight is 430 g/mol. The summed E-state index contributed by atoms with van der Waals surface area (Å²) in [4.78, 5) is 10.7. The van der Waals surface area contributed by atoms with Gasteiger partial charge in [-0.2, -0.15) is 5.10 Å². The van der Waals surface area contributed by atoms with Crippen LogP contribution in [0.1, 0.15) is 22.5 Å². The van der Waals surface area contributed by atoms with E-state index in [1.54, 1.807) is 0 Å². The van der Waals surface area contributed by atoms with Gasteiger partial charge in [-0.15, -0.1) is 0 Å². The monoisotopic (exact) mass is 429 g/mol. The van der Waals surface area contributed by atoms with Crippen LogP contribution in [0.5, 0.6) is 0 Å². The van der Waals surface area contributed by atoms with E-state index in [4.69, 9.17) is 0 Å². The minimum Gasteiger partial charge on any atom is -0.375 e. The zero-order valence-electron chi connectivity index (χ0n) is 16.9. The molecule has 0 aliphatic carbocycles. The Labute approximate surface area is 174 Å². The van der Waals surface area contributed by atoms with E-state index in [-0.39, 0.29) is 16.3 Å². The number of hydrogen-bond donors (Lipinski definition) is 2. The molecule has 1 aromatic heterocycles. The Morgan fingerprint density at radius 3 is 2.47 bits per heavy atom. The van der Waals surface area contributed by atoms with E-state index in [0.29, 0.717) is 13.1 Å². The van der Waals surface area contributed by atoms with Crippen LogP contribution in [0.2, 0.25) is 0 Å². The number of benzene rings is 2. The van der Waals surface area contributed by atoms with E-state index in [0.717, 1.165) is 28.6 Å². The molecule has 0 saturated carbocycles. The summed E-state index contributed by atoms with van der Waals surface area (Å²) in [5.41, 5.74) is 3.78. The van der Waals surface area contributed by atoms with Crippen molar-refractivity contribution >= 4 is 21.4 Å². The number of aromatic nitrogens is 2. The molecule has 0 aliphatic rings. The minimum atomic E-state index is -3.77. The summed E-state index contributed by atoms with van der Waals surface area (Å²) < 4.78 is 27.9. The molecule has 3 rings (SSSR count). The van der Waals surface area contributed by atoms with Crippen molar-refractivity contribution in [2.45, 2.75) is 31.8 Å². The smallest absolute Gasteiger partial charge is 0.293 e. The lowest BCUT2D eigenvalue weighted by atomic mass is 10.1. The van der Waals surface area contributed by atoms with Crippen molar-refractivity contribution in [1.29, 1.82) is 0 Å². The first-order valence-electron chi connectivity index (χ1n) is 9.25. The van der Waals surface area contributed by atoms with Crippen LogP contribution in [0.15, 0.2) is 53.4 Å². The van der Waals surface area contributed by atoms with E-state index in [2.05, 4.69) is 15.1 Å². The fourth-order valence-electron chi connectivity index (χ4n) is 3.18. The molecule has 2 aromatic carbocycles. The molecule has 30 heavy (non-hydrogen) atoms.